The van der Waals surface area contributed by atoms with E-state index in [0.717, 1.165) is 0 Å². The molecule has 0 saturated heterocycles. The van der Waals surface area contributed by atoms with Gasteiger partial charge < -0.3 is 19.1 Å². The number of ether oxygens (including phenoxy) is 3. The summed E-state index contributed by atoms with van der Waals surface area (Å²) < 4.78 is 16.5. The van der Waals surface area contributed by atoms with E-state index in [-0.39, 0.29) is 45.6 Å². The molecular formula is C19H20ClNO6. The summed E-state index contributed by atoms with van der Waals surface area (Å²) in [4.78, 5) is 40.6. The topological polar surface area (TPSA) is 82.1 Å². The number of rotatable bonds is 3. The van der Waals surface area contributed by atoms with Crippen molar-refractivity contribution in [2.45, 2.75) is 18.9 Å². The Balaban J connectivity index is 2.22. The number of fused-ring (bicyclic) bond motifs is 1. The fourth-order valence-electron chi connectivity index (χ4n) is 3.55. The molecule has 7 nitrogen and oxygen atoms in total. The minimum absolute atomic E-state index is 0.00219. The third kappa shape index (κ3) is 2.60. The summed E-state index contributed by atoms with van der Waals surface area (Å²) in [6, 6.07) is 1.47. The van der Waals surface area contributed by atoms with Gasteiger partial charge in [0.25, 0.3) is 0 Å². The van der Waals surface area contributed by atoms with Crippen molar-refractivity contribution >= 4 is 29.0 Å². The van der Waals surface area contributed by atoms with E-state index in [1.54, 1.807) is 25.9 Å². The first-order valence-electron chi connectivity index (χ1n) is 8.33. The molecule has 0 N–H and O–H groups in total. The SMILES string of the molecule is COc1cc(OC)c2c(c1Cl)O[C@@]1(C(=O)C(=CN(C)C)C(=O)C[C@H]1C)C2=O. The van der Waals surface area contributed by atoms with Crippen LogP contribution >= 0.6 is 11.6 Å². The van der Waals surface area contributed by atoms with Crippen molar-refractivity contribution in [2.24, 2.45) is 5.92 Å². The van der Waals surface area contributed by atoms with Gasteiger partial charge in [0.1, 0.15) is 22.1 Å². The number of nitrogens with zero attached hydrogens (tertiary/aromatic N) is 1. The summed E-state index contributed by atoms with van der Waals surface area (Å²) in [5, 5.41) is 0.0774. The molecule has 2 atom stereocenters. The third-order valence-electron chi connectivity index (χ3n) is 4.87. The highest BCUT2D eigenvalue weighted by Crippen LogP contribution is 2.53. The molecule has 0 unspecified atom stereocenters. The van der Waals surface area contributed by atoms with Crippen LogP contribution in [0.1, 0.15) is 23.7 Å². The van der Waals surface area contributed by atoms with Crippen LogP contribution in [-0.4, -0.2) is 56.2 Å². The molecule has 1 heterocycles. The van der Waals surface area contributed by atoms with Crippen LogP contribution in [0.3, 0.4) is 0 Å². The number of halogens is 1. The molecule has 1 aromatic carbocycles. The summed E-state index contributed by atoms with van der Waals surface area (Å²) in [7, 11) is 6.20. The number of hydrogen-bond acceptors (Lipinski definition) is 7. The number of methoxy groups -OCH3 is 2. The summed E-state index contributed by atoms with van der Waals surface area (Å²) in [6.07, 6.45) is 1.42. The number of carbonyl (C=O) groups excluding carboxylic acids is 3. The molecular weight excluding hydrogens is 374 g/mol. The van der Waals surface area contributed by atoms with Gasteiger partial charge in [-0.1, -0.05) is 18.5 Å². The fourth-order valence-corrected chi connectivity index (χ4v) is 3.81. The zero-order chi connectivity index (χ0) is 20.1. The van der Waals surface area contributed by atoms with Crippen molar-refractivity contribution in [3.8, 4) is 17.2 Å². The number of hydrogen-bond donors (Lipinski definition) is 0. The van der Waals surface area contributed by atoms with Crippen LogP contribution in [-0.2, 0) is 9.59 Å². The molecule has 2 aliphatic rings. The Kier molecular flexibility index (Phi) is 4.67. The molecule has 1 fully saturated rings. The number of benzene rings is 1. The Morgan fingerprint density at radius 1 is 1.19 bits per heavy atom. The van der Waals surface area contributed by atoms with E-state index in [1.165, 1.54) is 26.5 Å². The first-order valence-corrected chi connectivity index (χ1v) is 8.71. The van der Waals surface area contributed by atoms with Crippen LogP contribution in [0.4, 0.5) is 0 Å². The smallest absolute Gasteiger partial charge is 0.237 e. The lowest BCUT2D eigenvalue weighted by molar-refractivity contribution is -0.137. The predicted octanol–water partition coefficient (Wildman–Crippen LogP) is 2.29. The maximum absolute atomic E-state index is 13.4. The van der Waals surface area contributed by atoms with Crippen molar-refractivity contribution < 1.29 is 28.6 Å². The third-order valence-corrected chi connectivity index (χ3v) is 5.23. The minimum Gasteiger partial charge on any atom is -0.496 e. The van der Waals surface area contributed by atoms with E-state index in [1.807, 2.05) is 0 Å². The zero-order valence-electron chi connectivity index (χ0n) is 15.7. The van der Waals surface area contributed by atoms with Gasteiger partial charge in [-0.3, -0.25) is 14.4 Å². The van der Waals surface area contributed by atoms with Gasteiger partial charge >= 0.3 is 0 Å². The standard InChI is InChI=1S/C19H20ClNO6/c1-9-6-11(22)10(8-21(2)3)17(23)19(9)18(24)14-12(25-4)7-13(26-5)15(20)16(14)27-19/h7-9H,6H2,1-5H3/t9-,19+/m1/s1. The second-order valence-electron chi connectivity index (χ2n) is 6.83. The van der Waals surface area contributed by atoms with Gasteiger partial charge in [-0.25, -0.2) is 0 Å². The van der Waals surface area contributed by atoms with Crippen LogP contribution in [0.15, 0.2) is 17.8 Å². The molecule has 0 radical (unpaired) electrons. The van der Waals surface area contributed by atoms with E-state index in [9.17, 15) is 14.4 Å². The zero-order valence-corrected chi connectivity index (χ0v) is 16.5. The lowest BCUT2D eigenvalue weighted by Crippen LogP contribution is -2.58. The Morgan fingerprint density at radius 2 is 1.81 bits per heavy atom. The Bertz CT molecular complexity index is 891. The second-order valence-corrected chi connectivity index (χ2v) is 7.21. The van der Waals surface area contributed by atoms with Crippen molar-refractivity contribution in [3.05, 3.63) is 28.4 Å². The first kappa shape index (κ1) is 19.2. The van der Waals surface area contributed by atoms with Gasteiger partial charge in [0.15, 0.2) is 11.5 Å². The highest BCUT2D eigenvalue weighted by atomic mass is 35.5. The normalized spacial score (nSPS) is 25.6. The second kappa shape index (κ2) is 6.56. The first-order chi connectivity index (χ1) is 12.7. The van der Waals surface area contributed by atoms with E-state index < -0.39 is 23.1 Å². The average molecular weight is 394 g/mol. The quantitative estimate of drug-likeness (QED) is 0.442. The Morgan fingerprint density at radius 3 is 2.37 bits per heavy atom. The molecule has 0 aromatic heterocycles. The van der Waals surface area contributed by atoms with E-state index in [2.05, 4.69) is 0 Å². The molecule has 1 saturated carbocycles. The summed E-state index contributed by atoms with van der Waals surface area (Å²) in [5.41, 5.74) is -1.83. The molecule has 0 amide bonds. The molecule has 3 rings (SSSR count). The lowest BCUT2D eigenvalue weighted by Gasteiger charge is -2.36. The van der Waals surface area contributed by atoms with Crippen molar-refractivity contribution in [2.75, 3.05) is 28.3 Å². The van der Waals surface area contributed by atoms with Crippen LogP contribution in [0, 0.1) is 5.92 Å². The van der Waals surface area contributed by atoms with Crippen LogP contribution in [0.2, 0.25) is 5.02 Å². The molecule has 1 spiro atoms. The predicted molar refractivity (Wildman–Crippen MR) is 97.8 cm³/mol. The average Bonchev–Trinajstić information content (AvgIpc) is 2.93. The van der Waals surface area contributed by atoms with Gasteiger partial charge in [-0.05, 0) is 0 Å². The summed E-state index contributed by atoms with van der Waals surface area (Å²) >= 11 is 6.34. The molecule has 144 valence electrons. The Hall–Kier alpha value is -2.54. The largest absolute Gasteiger partial charge is 0.496 e. The van der Waals surface area contributed by atoms with Gasteiger partial charge in [0.05, 0.1) is 19.8 Å². The maximum Gasteiger partial charge on any atom is 0.237 e. The lowest BCUT2D eigenvalue weighted by atomic mass is 9.70. The number of Topliss-reactive ketones (excluding diaryl/α,β-unsaturated/α-hetero) is 3. The van der Waals surface area contributed by atoms with Gasteiger partial charge in [-0.2, -0.15) is 0 Å². The van der Waals surface area contributed by atoms with Crippen LogP contribution in [0.25, 0.3) is 0 Å². The summed E-state index contributed by atoms with van der Waals surface area (Å²) in [5.74, 6) is -1.72. The molecule has 0 bridgehead atoms. The highest BCUT2D eigenvalue weighted by Gasteiger charge is 2.63. The minimum atomic E-state index is -1.85. The molecule has 1 aromatic rings. The van der Waals surface area contributed by atoms with E-state index >= 15 is 0 Å². The van der Waals surface area contributed by atoms with Crippen LogP contribution < -0.4 is 14.2 Å². The molecule has 1 aliphatic carbocycles. The monoisotopic (exact) mass is 393 g/mol. The van der Waals surface area contributed by atoms with Gasteiger partial charge in [-0.15, -0.1) is 0 Å². The van der Waals surface area contributed by atoms with Gasteiger partial charge in [0, 0.05) is 38.7 Å². The van der Waals surface area contributed by atoms with E-state index in [4.69, 9.17) is 25.8 Å². The number of carbonyl (C=O) groups is 3. The summed E-state index contributed by atoms with van der Waals surface area (Å²) in [6.45, 7) is 1.64. The fraction of sp³-hybridized carbons (Fsp3) is 0.421. The molecule has 1 aliphatic heterocycles. The van der Waals surface area contributed by atoms with Crippen molar-refractivity contribution in [1.29, 1.82) is 0 Å². The van der Waals surface area contributed by atoms with Crippen molar-refractivity contribution in [1.82, 2.24) is 4.90 Å². The van der Waals surface area contributed by atoms with Gasteiger partial charge in [0.2, 0.25) is 17.2 Å². The molecule has 27 heavy (non-hydrogen) atoms. The van der Waals surface area contributed by atoms with Crippen molar-refractivity contribution in [3.63, 3.8) is 0 Å². The van der Waals surface area contributed by atoms with E-state index in [0.29, 0.717) is 0 Å². The van der Waals surface area contributed by atoms with Crippen LogP contribution in [0.5, 0.6) is 17.2 Å². The Labute approximate surface area is 161 Å². The highest BCUT2D eigenvalue weighted by molar-refractivity contribution is 6.38. The molecule has 8 heteroatoms. The maximum atomic E-state index is 13.4. The number of ketones is 3.